The van der Waals surface area contributed by atoms with Gasteiger partial charge >= 0.3 is 0 Å². The normalized spacial score (nSPS) is 16.7. The zero-order chi connectivity index (χ0) is 42.4. The molecule has 0 saturated carbocycles. The second-order valence-corrected chi connectivity index (χ2v) is 14.8. The molecule has 3 aromatic carbocycles. The molecule has 0 spiro atoms. The highest BCUT2D eigenvalue weighted by Crippen LogP contribution is 2.40. The monoisotopic (exact) mass is 799 g/mol. The zero-order valence-electron chi connectivity index (χ0n) is 34.6. The number of hydrogen-bond donors (Lipinski definition) is 6. The molecule has 314 valence electrons. The van der Waals surface area contributed by atoms with Crippen LogP contribution in [0, 0.1) is 6.92 Å². The van der Waals surface area contributed by atoms with Gasteiger partial charge in [0.05, 0.1) is 6.04 Å². The van der Waals surface area contributed by atoms with Gasteiger partial charge in [-0.15, -0.1) is 0 Å². The molecule has 1 aliphatic rings. The predicted octanol–water partition coefficient (Wildman–Crippen LogP) is 3.03. The van der Waals surface area contributed by atoms with E-state index in [9.17, 15) is 24.0 Å². The third-order valence-corrected chi connectivity index (χ3v) is 10.2. The minimum atomic E-state index is -1.22. The summed E-state index contributed by atoms with van der Waals surface area (Å²) in [6, 6.07) is 11.5. The van der Waals surface area contributed by atoms with Gasteiger partial charge in [0, 0.05) is 49.8 Å². The first kappa shape index (κ1) is 45.4. The number of nitrogens with zero attached hydrogens (tertiary/aromatic N) is 1. The van der Waals surface area contributed by atoms with E-state index in [2.05, 4.69) is 28.9 Å². The summed E-state index contributed by atoms with van der Waals surface area (Å²) in [7, 11) is 1.50. The van der Waals surface area contributed by atoms with Gasteiger partial charge in [-0.1, -0.05) is 44.0 Å². The maximum Gasteiger partial charge on any atom is 0.251 e. The third-order valence-electron chi connectivity index (χ3n) is 10.2. The lowest BCUT2D eigenvalue weighted by atomic mass is 9.93. The topological polar surface area (TPSA) is 221 Å². The molecule has 1 aliphatic heterocycles. The van der Waals surface area contributed by atoms with Crippen molar-refractivity contribution in [1.82, 2.24) is 20.9 Å². The largest absolute Gasteiger partial charge is 0.492 e. The summed E-state index contributed by atoms with van der Waals surface area (Å²) in [5, 5.41) is 8.43. The molecular weight excluding hydrogens is 739 g/mol. The van der Waals surface area contributed by atoms with Gasteiger partial charge in [0.1, 0.15) is 36.8 Å². The van der Waals surface area contributed by atoms with Crippen molar-refractivity contribution in [2.45, 2.75) is 90.8 Å². The Morgan fingerprint density at radius 3 is 2.17 bits per heavy atom. The number of fused-ring (bicyclic) bond motifs is 5. The first-order valence-corrected chi connectivity index (χ1v) is 20.2. The molecule has 0 radical (unpaired) electrons. The van der Waals surface area contributed by atoms with Crippen LogP contribution in [0.3, 0.4) is 0 Å². The lowest BCUT2D eigenvalue weighted by Crippen LogP contribution is -2.53. The summed E-state index contributed by atoms with van der Waals surface area (Å²) in [6.45, 7) is 8.28. The Morgan fingerprint density at radius 2 is 1.53 bits per heavy atom. The van der Waals surface area contributed by atoms with E-state index in [0.717, 1.165) is 42.4 Å². The molecule has 3 aromatic rings. The number of Topliss-reactive ketones (excluding diaryl/α,β-unsaturated/α-hetero) is 1. The minimum Gasteiger partial charge on any atom is -0.492 e. The molecule has 4 rings (SSSR count). The summed E-state index contributed by atoms with van der Waals surface area (Å²) in [4.78, 5) is 69.3. The van der Waals surface area contributed by atoms with Gasteiger partial charge in [0.15, 0.2) is 5.78 Å². The van der Waals surface area contributed by atoms with Gasteiger partial charge in [-0.2, -0.15) is 0 Å². The van der Waals surface area contributed by atoms with Crippen LogP contribution in [-0.2, 0) is 38.4 Å². The van der Waals surface area contributed by atoms with Crippen LogP contribution in [0.15, 0.2) is 48.5 Å². The fourth-order valence-corrected chi connectivity index (χ4v) is 7.20. The maximum atomic E-state index is 14.2. The highest BCUT2D eigenvalue weighted by molar-refractivity contribution is 5.98. The predicted molar refractivity (Wildman–Crippen MR) is 225 cm³/mol. The number of rotatable bonds is 18. The maximum absolute atomic E-state index is 14.2. The number of nitrogens with two attached hydrogens (primary N) is 3. The molecule has 4 bridgehead atoms. The van der Waals surface area contributed by atoms with E-state index in [4.69, 9.17) is 26.7 Å². The quantitative estimate of drug-likeness (QED) is 0.103. The Labute approximate surface area is 341 Å². The second kappa shape index (κ2) is 22.0. The molecule has 14 heteroatoms. The fourth-order valence-electron chi connectivity index (χ4n) is 7.20. The van der Waals surface area contributed by atoms with Crippen molar-refractivity contribution in [3.63, 3.8) is 0 Å². The molecule has 1 heterocycles. The number of unbranched alkanes of at least 4 members (excludes halogenated alkanes) is 2. The molecule has 14 nitrogen and oxygen atoms in total. The first-order valence-electron chi connectivity index (χ1n) is 20.2. The number of ether oxygens (including phenoxy) is 2. The van der Waals surface area contributed by atoms with Crippen molar-refractivity contribution in [2.24, 2.45) is 17.2 Å². The summed E-state index contributed by atoms with van der Waals surface area (Å²) < 4.78 is 12.1. The van der Waals surface area contributed by atoms with Crippen LogP contribution in [0.4, 0.5) is 0 Å². The highest BCUT2D eigenvalue weighted by Gasteiger charge is 2.33. The van der Waals surface area contributed by atoms with Crippen LogP contribution in [0.25, 0.3) is 11.1 Å². The Bertz CT molecular complexity index is 1930. The number of carbonyl (C=O) groups is 5. The summed E-state index contributed by atoms with van der Waals surface area (Å²) >= 11 is 0. The molecule has 3 atom stereocenters. The SMILES string of the molecule is CCCCCc1cc(C)c(C(=O)NCCC(=O)N(C)[C@@H]2C(=O)N[C@@H](C)C(=O)N[C@H](C(C)=O)Cc3ccc(OCCN)c(c3)-c3cc2ccc3OCCN)c(CCN)c1. The zero-order valence-corrected chi connectivity index (χ0v) is 34.6. The average molecular weight is 800 g/mol. The molecular formula is C44H61N7O7. The minimum absolute atomic E-state index is 0.00704. The first-order chi connectivity index (χ1) is 27.8. The van der Waals surface area contributed by atoms with E-state index < -0.39 is 35.8 Å². The van der Waals surface area contributed by atoms with Gasteiger partial charge in [-0.3, -0.25) is 24.0 Å². The third kappa shape index (κ3) is 11.9. The van der Waals surface area contributed by atoms with E-state index >= 15 is 0 Å². The number of hydrogen-bond acceptors (Lipinski definition) is 10. The molecule has 9 N–H and O–H groups in total. The number of likely N-dealkylation sites (N-methyl/N-ethyl adjacent to an activating group) is 1. The van der Waals surface area contributed by atoms with Gasteiger partial charge < -0.3 is 47.5 Å². The van der Waals surface area contributed by atoms with Crippen molar-refractivity contribution in [2.75, 3.05) is 46.4 Å². The van der Waals surface area contributed by atoms with Crippen molar-refractivity contribution in [3.8, 4) is 22.6 Å². The number of benzene rings is 3. The summed E-state index contributed by atoms with van der Waals surface area (Å²) in [5.41, 5.74) is 23.3. The Kier molecular flexibility index (Phi) is 17.2. The molecule has 0 fully saturated rings. The number of ketones is 1. The lowest BCUT2D eigenvalue weighted by molar-refractivity contribution is -0.140. The Morgan fingerprint density at radius 1 is 0.862 bits per heavy atom. The molecule has 0 aromatic heterocycles. The summed E-state index contributed by atoms with van der Waals surface area (Å²) in [5.74, 6) is -1.26. The van der Waals surface area contributed by atoms with E-state index in [1.807, 2.05) is 25.1 Å². The Hall–Kier alpha value is -5.31. The van der Waals surface area contributed by atoms with Gasteiger partial charge in [-0.25, -0.2) is 0 Å². The number of aryl methyl sites for hydroxylation is 2. The van der Waals surface area contributed by atoms with Crippen LogP contribution < -0.4 is 42.6 Å². The van der Waals surface area contributed by atoms with Crippen molar-refractivity contribution < 1.29 is 33.4 Å². The standard InChI is InChI=1S/C44H61N7O7/c1-6-7-8-9-30-22-27(2)40(32(23-30)14-16-45)43(55)48-19-15-39(53)51(5)41-33-11-13-38(58-21-18-47)35(26-33)34-24-31(10-12-37(34)57-20-17-46)25-36(29(4)52)50-42(54)28(3)49-44(41)56/h10-13,22-24,26,28,36,41H,6-9,14-21,25,45-47H2,1-5H3,(H,48,55)(H,49,56)(H,50,54)/t28-,36-,41-/m0/s1. The van der Waals surface area contributed by atoms with E-state index in [1.54, 1.807) is 24.3 Å². The molecule has 4 amide bonds. The van der Waals surface area contributed by atoms with Crippen LogP contribution in [0.5, 0.6) is 11.5 Å². The van der Waals surface area contributed by atoms with Crippen LogP contribution in [0.1, 0.15) is 90.7 Å². The fraction of sp³-hybridized carbons (Fsp3) is 0.477. The molecule has 0 aliphatic carbocycles. The lowest BCUT2D eigenvalue weighted by Gasteiger charge is -2.30. The molecule has 0 saturated heterocycles. The molecule has 0 unspecified atom stereocenters. The summed E-state index contributed by atoms with van der Waals surface area (Å²) in [6.07, 6.45) is 4.83. The Balaban J connectivity index is 1.70. The molecule has 58 heavy (non-hydrogen) atoms. The highest BCUT2D eigenvalue weighted by atomic mass is 16.5. The van der Waals surface area contributed by atoms with Gasteiger partial charge in [-0.05, 0) is 105 Å². The van der Waals surface area contributed by atoms with Crippen molar-refractivity contribution in [3.05, 3.63) is 81.9 Å². The van der Waals surface area contributed by atoms with Crippen LogP contribution >= 0.6 is 0 Å². The number of nitrogens with one attached hydrogen (secondary N) is 3. The van der Waals surface area contributed by atoms with E-state index in [1.165, 1.54) is 31.4 Å². The van der Waals surface area contributed by atoms with Crippen LogP contribution in [0.2, 0.25) is 0 Å². The van der Waals surface area contributed by atoms with Crippen LogP contribution in [-0.4, -0.2) is 92.8 Å². The van der Waals surface area contributed by atoms with Gasteiger partial charge in [0.2, 0.25) is 17.7 Å². The number of amides is 4. The van der Waals surface area contributed by atoms with E-state index in [-0.39, 0.29) is 57.4 Å². The van der Waals surface area contributed by atoms with Crippen molar-refractivity contribution >= 4 is 29.4 Å². The van der Waals surface area contributed by atoms with E-state index in [0.29, 0.717) is 46.7 Å². The smallest absolute Gasteiger partial charge is 0.251 e. The van der Waals surface area contributed by atoms with Crippen molar-refractivity contribution in [1.29, 1.82) is 0 Å². The average Bonchev–Trinajstić information content (AvgIpc) is 3.19. The van der Waals surface area contributed by atoms with Gasteiger partial charge in [0.25, 0.3) is 5.91 Å². The second-order valence-electron chi connectivity index (χ2n) is 14.8. The number of carbonyl (C=O) groups excluding carboxylic acids is 5.